The Morgan fingerprint density at radius 2 is 1.55 bits per heavy atom. The molecule has 2 aliphatic rings. The van der Waals surface area contributed by atoms with Crippen LogP contribution in [0.25, 0.3) is 0 Å². The molecule has 256 valence electrons. The fourth-order valence-electron chi connectivity index (χ4n) is 6.33. The maximum atomic E-state index is 12.9. The van der Waals surface area contributed by atoms with E-state index in [1.807, 2.05) is 67.6 Å². The molecule has 1 atom stereocenters. The number of rotatable bonds is 11. The van der Waals surface area contributed by atoms with Gasteiger partial charge in [-0.25, -0.2) is 14.8 Å². The average Bonchev–Trinajstić information content (AvgIpc) is 3.14. The predicted octanol–water partition coefficient (Wildman–Crippen LogP) is 7.88. The van der Waals surface area contributed by atoms with Gasteiger partial charge in [0.1, 0.15) is 11.5 Å². The predicted molar refractivity (Wildman–Crippen MR) is 188 cm³/mol. The second-order valence-electron chi connectivity index (χ2n) is 12.9. The Morgan fingerprint density at radius 3 is 2.24 bits per heavy atom. The Hall–Kier alpha value is -4.96. The van der Waals surface area contributed by atoms with Crippen molar-refractivity contribution in [1.29, 1.82) is 0 Å². The number of nitrogens with zero attached hydrogens (tertiary/aromatic N) is 4. The Kier molecular flexibility index (Phi) is 11.4. The number of likely N-dealkylation sites (tertiary alicyclic amines) is 2. The molecule has 2 aliphatic heterocycles. The van der Waals surface area contributed by atoms with Crippen LogP contribution in [0.5, 0.6) is 23.3 Å². The van der Waals surface area contributed by atoms with Gasteiger partial charge in [0.05, 0.1) is 18.5 Å². The first kappa shape index (κ1) is 33.9. The van der Waals surface area contributed by atoms with Crippen LogP contribution in [0.15, 0.2) is 85.2 Å². The smallest absolute Gasteiger partial charge is 0.416 e. The van der Waals surface area contributed by atoms with E-state index in [1.165, 1.54) is 37.4 Å². The highest BCUT2D eigenvalue weighted by atomic mass is 16.6. The molecule has 2 amide bonds. The molecule has 4 aromatic rings. The number of nitrogens with one attached hydrogen (secondary N) is 1. The maximum absolute atomic E-state index is 12.9. The van der Waals surface area contributed by atoms with Gasteiger partial charge in [-0.3, -0.25) is 9.69 Å². The summed E-state index contributed by atoms with van der Waals surface area (Å²) in [5, 5.41) is 2.88. The molecule has 2 fully saturated rings. The summed E-state index contributed by atoms with van der Waals surface area (Å²) in [6.07, 6.45) is 9.45. The number of hydrogen-bond acceptors (Lipinski definition) is 8. The van der Waals surface area contributed by atoms with Crippen LogP contribution in [0, 0.1) is 12.8 Å². The molecule has 0 aliphatic carbocycles. The van der Waals surface area contributed by atoms with Crippen LogP contribution in [0.4, 0.5) is 10.5 Å². The number of hydrogen-bond donors (Lipinski definition) is 1. The molecule has 4 heterocycles. The van der Waals surface area contributed by atoms with E-state index in [2.05, 4.69) is 27.1 Å². The molecule has 6 rings (SSSR count). The van der Waals surface area contributed by atoms with Crippen molar-refractivity contribution in [3.05, 3.63) is 102 Å². The highest BCUT2D eigenvalue weighted by Crippen LogP contribution is 2.26. The van der Waals surface area contributed by atoms with Crippen LogP contribution >= 0.6 is 0 Å². The summed E-state index contributed by atoms with van der Waals surface area (Å²) in [5.74, 6) is 2.31. The van der Waals surface area contributed by atoms with Gasteiger partial charge in [-0.1, -0.05) is 31.5 Å². The summed E-state index contributed by atoms with van der Waals surface area (Å²) in [4.78, 5) is 38.4. The van der Waals surface area contributed by atoms with Crippen LogP contribution in [-0.4, -0.2) is 64.1 Å². The van der Waals surface area contributed by atoms with Gasteiger partial charge in [-0.05, 0) is 105 Å². The lowest BCUT2D eigenvalue weighted by atomic mass is 9.98. The molecule has 0 radical (unpaired) electrons. The number of aryl methyl sites for hydroxylation is 1. The van der Waals surface area contributed by atoms with Crippen molar-refractivity contribution in [1.82, 2.24) is 19.8 Å². The summed E-state index contributed by atoms with van der Waals surface area (Å²) in [7, 11) is 0. The molecule has 49 heavy (non-hydrogen) atoms. The van der Waals surface area contributed by atoms with Gasteiger partial charge in [0.15, 0.2) is 0 Å². The zero-order valence-electron chi connectivity index (χ0n) is 28.3. The molecule has 0 spiro atoms. The van der Waals surface area contributed by atoms with E-state index in [0.29, 0.717) is 54.5 Å². The highest BCUT2D eigenvalue weighted by Gasteiger charge is 2.25. The SMILES string of the molecule is CCC1CCCCN1Cc1ccc(C(=O)Nc2ccc(OC(=O)N3CCC(COc4ccc(Oc5ccc(C)cn5)cc4)CC3)nc2)cc1. The first-order valence-corrected chi connectivity index (χ1v) is 17.3. The van der Waals surface area contributed by atoms with Crippen molar-refractivity contribution >= 4 is 17.7 Å². The number of pyridine rings is 2. The van der Waals surface area contributed by atoms with Crippen LogP contribution in [0.3, 0.4) is 0 Å². The minimum atomic E-state index is -0.433. The number of aromatic nitrogens is 2. The molecule has 2 aromatic heterocycles. The average molecular weight is 664 g/mol. The lowest BCUT2D eigenvalue weighted by molar-refractivity contribution is 0.102. The van der Waals surface area contributed by atoms with Crippen LogP contribution in [-0.2, 0) is 6.54 Å². The van der Waals surface area contributed by atoms with Crippen LogP contribution in [0.2, 0.25) is 0 Å². The van der Waals surface area contributed by atoms with E-state index in [1.54, 1.807) is 23.2 Å². The molecule has 2 aromatic carbocycles. The first-order chi connectivity index (χ1) is 23.9. The van der Waals surface area contributed by atoms with Gasteiger partial charge in [0, 0.05) is 49.6 Å². The minimum Gasteiger partial charge on any atom is -0.493 e. The van der Waals surface area contributed by atoms with E-state index >= 15 is 0 Å². The molecule has 1 N–H and O–H groups in total. The van der Waals surface area contributed by atoms with E-state index in [0.717, 1.165) is 37.2 Å². The molecule has 10 nitrogen and oxygen atoms in total. The van der Waals surface area contributed by atoms with Gasteiger partial charge in [-0.2, -0.15) is 0 Å². The molecule has 0 bridgehead atoms. The zero-order chi connectivity index (χ0) is 34.0. The van der Waals surface area contributed by atoms with Crippen molar-refractivity contribution in [2.24, 2.45) is 5.92 Å². The van der Waals surface area contributed by atoms with E-state index in [4.69, 9.17) is 14.2 Å². The van der Waals surface area contributed by atoms with Gasteiger partial charge in [0.25, 0.3) is 5.91 Å². The molecular formula is C39H45N5O5. The fourth-order valence-corrected chi connectivity index (χ4v) is 6.33. The number of anilines is 1. The number of carbonyl (C=O) groups excluding carboxylic acids is 2. The second kappa shape index (κ2) is 16.4. The van der Waals surface area contributed by atoms with Crippen molar-refractivity contribution < 1.29 is 23.8 Å². The molecular weight excluding hydrogens is 618 g/mol. The maximum Gasteiger partial charge on any atom is 0.416 e. The van der Waals surface area contributed by atoms with Gasteiger partial charge < -0.3 is 24.4 Å². The third-order valence-corrected chi connectivity index (χ3v) is 9.30. The zero-order valence-corrected chi connectivity index (χ0v) is 28.3. The Morgan fingerprint density at radius 1 is 0.816 bits per heavy atom. The summed E-state index contributed by atoms with van der Waals surface area (Å²) in [5.41, 5.74) is 3.40. The Labute approximate surface area is 288 Å². The van der Waals surface area contributed by atoms with Gasteiger partial charge in [-0.15, -0.1) is 0 Å². The highest BCUT2D eigenvalue weighted by molar-refractivity contribution is 6.04. The van der Waals surface area contributed by atoms with Crippen molar-refractivity contribution in [3.63, 3.8) is 0 Å². The number of piperidine rings is 2. The van der Waals surface area contributed by atoms with E-state index < -0.39 is 6.09 Å². The molecule has 2 saturated heterocycles. The summed E-state index contributed by atoms with van der Waals surface area (Å²) in [6, 6.07) is 23.0. The van der Waals surface area contributed by atoms with Gasteiger partial charge in [0.2, 0.25) is 11.8 Å². The van der Waals surface area contributed by atoms with Crippen molar-refractivity contribution in [3.8, 4) is 23.3 Å². The number of ether oxygens (including phenoxy) is 3. The van der Waals surface area contributed by atoms with E-state index in [9.17, 15) is 9.59 Å². The number of carbonyl (C=O) groups is 2. The largest absolute Gasteiger partial charge is 0.493 e. The van der Waals surface area contributed by atoms with Crippen molar-refractivity contribution in [2.75, 3.05) is 31.6 Å². The normalized spacial score (nSPS) is 16.9. The molecule has 0 saturated carbocycles. The Balaban J connectivity index is 0.898. The third kappa shape index (κ3) is 9.57. The summed E-state index contributed by atoms with van der Waals surface area (Å²) >= 11 is 0. The summed E-state index contributed by atoms with van der Waals surface area (Å²) < 4.78 is 17.3. The second-order valence-corrected chi connectivity index (χ2v) is 12.9. The lowest BCUT2D eigenvalue weighted by Crippen LogP contribution is -2.41. The van der Waals surface area contributed by atoms with Crippen LogP contribution < -0.4 is 19.5 Å². The monoisotopic (exact) mass is 663 g/mol. The van der Waals surface area contributed by atoms with Crippen molar-refractivity contribution in [2.45, 2.75) is 65.0 Å². The molecule has 1 unspecified atom stereocenters. The van der Waals surface area contributed by atoms with Gasteiger partial charge >= 0.3 is 6.09 Å². The van der Waals surface area contributed by atoms with Crippen LogP contribution in [0.1, 0.15) is 66.9 Å². The number of amides is 2. The molecule has 10 heteroatoms. The quantitative estimate of drug-likeness (QED) is 0.173. The first-order valence-electron chi connectivity index (χ1n) is 17.3. The lowest BCUT2D eigenvalue weighted by Gasteiger charge is -2.35. The van der Waals surface area contributed by atoms with E-state index in [-0.39, 0.29) is 11.8 Å². The minimum absolute atomic E-state index is 0.187. The third-order valence-electron chi connectivity index (χ3n) is 9.30. The fraction of sp³-hybridized carbons (Fsp3) is 0.385. The Bertz CT molecular complexity index is 1650. The number of benzene rings is 2. The topological polar surface area (TPSA) is 106 Å². The standard InChI is InChI=1S/C39H45N5O5/c1-3-33-6-4-5-21-44(33)26-29-8-10-31(11-9-29)38(45)42-32-12-18-37(41-25-32)49-39(46)43-22-19-30(20-23-43)27-47-34-13-15-35(16-14-34)48-36-17-7-28(2)24-40-36/h7-18,24-25,30,33H,3-6,19-23,26-27H2,1-2H3,(H,42,45). The summed E-state index contributed by atoms with van der Waals surface area (Å²) in [6.45, 7) is 8.01.